The molecule has 1 N–H and O–H groups in total. The van der Waals surface area contributed by atoms with E-state index in [1.54, 1.807) is 36.4 Å². The van der Waals surface area contributed by atoms with Gasteiger partial charge in [-0.3, -0.25) is 0 Å². The zero-order valence-corrected chi connectivity index (χ0v) is 16.5. The number of oxime groups is 1. The molecule has 0 atom stereocenters. The lowest BCUT2D eigenvalue weighted by molar-refractivity contribution is -0.129. The van der Waals surface area contributed by atoms with Crippen LogP contribution >= 0.6 is 23.2 Å². The van der Waals surface area contributed by atoms with Crippen LogP contribution in [0.5, 0.6) is 11.5 Å². The van der Waals surface area contributed by atoms with Crippen molar-refractivity contribution < 1.29 is 24.2 Å². The standard InChI is InChI=1S/C19H19Cl2NO5/c1-11(2)27-18-15(20)8-13(9-16(18)21)26-10-12-6-4-5-7-14(12)17(19(23)24)22-25-3/h4-9,11H,10H2,1-3H3,(H,23,24)/b22-17+. The Hall–Kier alpha value is -2.44. The van der Waals surface area contributed by atoms with Crippen LogP contribution in [0.3, 0.4) is 0 Å². The molecular formula is C19H19Cl2NO5. The zero-order chi connectivity index (χ0) is 20.0. The molecule has 2 aromatic rings. The lowest BCUT2D eigenvalue weighted by atomic mass is 10.0. The minimum atomic E-state index is -1.20. The lowest BCUT2D eigenvalue weighted by Crippen LogP contribution is -2.17. The monoisotopic (exact) mass is 411 g/mol. The summed E-state index contributed by atoms with van der Waals surface area (Å²) >= 11 is 12.4. The fourth-order valence-electron chi connectivity index (χ4n) is 2.30. The van der Waals surface area contributed by atoms with E-state index in [0.717, 1.165) is 0 Å². The molecule has 0 amide bonds. The molecule has 0 saturated carbocycles. The summed E-state index contributed by atoms with van der Waals surface area (Å²) in [5, 5.41) is 13.6. The Kier molecular flexibility index (Phi) is 7.33. The van der Waals surface area contributed by atoms with Gasteiger partial charge >= 0.3 is 5.97 Å². The van der Waals surface area contributed by atoms with Crippen molar-refractivity contribution in [1.29, 1.82) is 0 Å². The Morgan fingerprint density at radius 3 is 2.37 bits per heavy atom. The second-order valence-corrected chi connectivity index (χ2v) is 6.57. The maximum Gasteiger partial charge on any atom is 0.358 e. The van der Waals surface area contributed by atoms with Gasteiger partial charge in [-0.1, -0.05) is 52.6 Å². The summed E-state index contributed by atoms with van der Waals surface area (Å²) in [6, 6.07) is 10.0. The number of halogens is 2. The summed E-state index contributed by atoms with van der Waals surface area (Å²) in [4.78, 5) is 16.1. The van der Waals surface area contributed by atoms with Gasteiger partial charge in [0.05, 0.1) is 16.1 Å². The number of carboxylic acids is 1. The van der Waals surface area contributed by atoms with Crippen LogP contribution in [0.2, 0.25) is 10.0 Å². The molecule has 2 rings (SSSR count). The SMILES string of the molecule is CO/N=C(/C(=O)O)c1ccccc1COc1cc(Cl)c(OC(C)C)c(Cl)c1. The number of hydrogen-bond acceptors (Lipinski definition) is 5. The second kappa shape index (κ2) is 9.48. The van der Waals surface area contributed by atoms with Crippen molar-refractivity contribution in [1.82, 2.24) is 0 Å². The summed E-state index contributed by atoms with van der Waals surface area (Å²) in [5.41, 5.74) is 0.794. The van der Waals surface area contributed by atoms with Crippen molar-refractivity contribution in [3.05, 3.63) is 57.6 Å². The number of carboxylic acid groups (broad SMARTS) is 1. The molecule has 0 aromatic heterocycles. The molecule has 0 bridgehead atoms. The molecule has 0 fully saturated rings. The van der Waals surface area contributed by atoms with E-state index < -0.39 is 5.97 Å². The Labute approximate surface area is 167 Å². The van der Waals surface area contributed by atoms with Crippen molar-refractivity contribution in [2.45, 2.75) is 26.6 Å². The third-order valence-corrected chi connectivity index (χ3v) is 3.94. The molecule has 0 spiro atoms. The number of hydrogen-bond donors (Lipinski definition) is 1. The first-order valence-corrected chi connectivity index (χ1v) is 8.80. The van der Waals surface area contributed by atoms with Crippen LogP contribution in [0, 0.1) is 0 Å². The van der Waals surface area contributed by atoms with E-state index in [2.05, 4.69) is 9.99 Å². The molecule has 0 unspecified atom stereocenters. The molecule has 0 aliphatic carbocycles. The van der Waals surface area contributed by atoms with Crippen molar-refractivity contribution in [3.8, 4) is 11.5 Å². The highest BCUT2D eigenvalue weighted by molar-refractivity contribution is 6.42. The van der Waals surface area contributed by atoms with Gasteiger partial charge in [-0.25, -0.2) is 4.79 Å². The van der Waals surface area contributed by atoms with Gasteiger partial charge in [-0.05, 0) is 19.4 Å². The smallest absolute Gasteiger partial charge is 0.358 e. The van der Waals surface area contributed by atoms with E-state index in [4.69, 9.17) is 32.7 Å². The summed E-state index contributed by atoms with van der Waals surface area (Å²) in [7, 11) is 1.28. The Morgan fingerprint density at radius 2 is 1.81 bits per heavy atom. The first-order valence-electron chi connectivity index (χ1n) is 8.04. The van der Waals surface area contributed by atoms with Crippen LogP contribution in [0.1, 0.15) is 25.0 Å². The van der Waals surface area contributed by atoms with Gasteiger partial charge in [-0.15, -0.1) is 0 Å². The molecule has 144 valence electrons. The van der Waals surface area contributed by atoms with Crippen molar-refractivity contribution in [2.75, 3.05) is 7.11 Å². The molecule has 0 aliphatic heterocycles. The third kappa shape index (κ3) is 5.52. The first kappa shape index (κ1) is 20.9. The highest BCUT2D eigenvalue weighted by Gasteiger charge is 2.18. The van der Waals surface area contributed by atoms with Crippen molar-refractivity contribution >= 4 is 34.9 Å². The molecule has 2 aromatic carbocycles. The highest BCUT2D eigenvalue weighted by Crippen LogP contribution is 2.37. The average Bonchev–Trinajstić information content (AvgIpc) is 2.61. The van der Waals surface area contributed by atoms with Crippen LogP contribution in [0.15, 0.2) is 41.6 Å². The van der Waals surface area contributed by atoms with E-state index in [1.807, 2.05) is 13.8 Å². The highest BCUT2D eigenvalue weighted by atomic mass is 35.5. The van der Waals surface area contributed by atoms with Crippen molar-refractivity contribution in [2.24, 2.45) is 5.16 Å². The quantitative estimate of drug-likeness (QED) is 0.498. The van der Waals surface area contributed by atoms with Crippen LogP contribution in [0.4, 0.5) is 0 Å². The first-order chi connectivity index (χ1) is 12.8. The normalized spacial score (nSPS) is 11.4. The number of nitrogens with zero attached hydrogens (tertiary/aromatic N) is 1. The Bertz CT molecular complexity index is 829. The maximum atomic E-state index is 11.4. The van der Waals surface area contributed by atoms with Crippen molar-refractivity contribution in [3.63, 3.8) is 0 Å². The van der Waals surface area contributed by atoms with Crippen LogP contribution in [0.25, 0.3) is 0 Å². The number of aliphatic carboxylic acids is 1. The van der Waals surface area contributed by atoms with Gasteiger partial charge in [0.25, 0.3) is 0 Å². The maximum absolute atomic E-state index is 11.4. The zero-order valence-electron chi connectivity index (χ0n) is 15.0. The number of carbonyl (C=O) groups is 1. The van der Waals surface area contributed by atoms with Gasteiger partial charge in [-0.2, -0.15) is 0 Å². The lowest BCUT2D eigenvalue weighted by Gasteiger charge is -2.15. The molecule has 0 saturated heterocycles. The number of ether oxygens (including phenoxy) is 2. The van der Waals surface area contributed by atoms with Gasteiger partial charge in [0.15, 0.2) is 11.5 Å². The van der Waals surface area contributed by atoms with Gasteiger partial charge < -0.3 is 19.4 Å². The molecule has 27 heavy (non-hydrogen) atoms. The van der Waals surface area contributed by atoms with E-state index in [1.165, 1.54) is 7.11 Å². The molecule has 0 aliphatic rings. The molecule has 6 nitrogen and oxygen atoms in total. The van der Waals surface area contributed by atoms with Crippen LogP contribution in [-0.4, -0.2) is 30.0 Å². The Morgan fingerprint density at radius 1 is 1.19 bits per heavy atom. The molecule has 8 heteroatoms. The van der Waals surface area contributed by atoms with Gasteiger partial charge in [0, 0.05) is 17.7 Å². The average molecular weight is 412 g/mol. The van der Waals surface area contributed by atoms with E-state index in [0.29, 0.717) is 32.7 Å². The van der Waals surface area contributed by atoms with Crippen LogP contribution < -0.4 is 9.47 Å². The molecule has 0 heterocycles. The predicted molar refractivity (Wildman–Crippen MR) is 104 cm³/mol. The second-order valence-electron chi connectivity index (χ2n) is 5.76. The summed E-state index contributed by atoms with van der Waals surface area (Å²) in [6.45, 7) is 3.83. The topological polar surface area (TPSA) is 77.4 Å². The van der Waals surface area contributed by atoms with E-state index in [9.17, 15) is 9.90 Å². The van der Waals surface area contributed by atoms with E-state index in [-0.39, 0.29) is 18.4 Å². The molecule has 0 radical (unpaired) electrons. The fourth-order valence-corrected chi connectivity index (χ4v) is 2.86. The van der Waals surface area contributed by atoms with Gasteiger partial charge in [0.2, 0.25) is 0 Å². The summed E-state index contributed by atoms with van der Waals surface area (Å²) in [6.07, 6.45) is -0.0758. The minimum absolute atomic E-state index is 0.0758. The summed E-state index contributed by atoms with van der Waals surface area (Å²) in [5.74, 6) is -0.386. The largest absolute Gasteiger partial charge is 0.489 e. The molecular weight excluding hydrogens is 393 g/mol. The number of rotatable bonds is 8. The minimum Gasteiger partial charge on any atom is -0.489 e. The predicted octanol–water partition coefficient (Wildman–Crippen LogP) is 4.79. The van der Waals surface area contributed by atoms with Gasteiger partial charge in [0.1, 0.15) is 19.5 Å². The number of benzene rings is 2. The summed E-state index contributed by atoms with van der Waals surface area (Å²) < 4.78 is 11.3. The Balaban J connectivity index is 2.25. The third-order valence-electron chi connectivity index (χ3n) is 3.38. The fraction of sp³-hybridized carbons (Fsp3) is 0.263. The van der Waals surface area contributed by atoms with Crippen LogP contribution in [-0.2, 0) is 16.2 Å². The van der Waals surface area contributed by atoms with E-state index >= 15 is 0 Å².